The lowest BCUT2D eigenvalue weighted by Gasteiger charge is -2.13. The van der Waals surface area contributed by atoms with E-state index in [0.717, 1.165) is 16.5 Å². The Labute approximate surface area is 158 Å². The molecule has 0 unspecified atom stereocenters. The molecule has 0 saturated heterocycles. The van der Waals surface area contributed by atoms with Crippen molar-refractivity contribution in [2.75, 3.05) is 21.3 Å². The molecule has 0 N–H and O–H groups in total. The summed E-state index contributed by atoms with van der Waals surface area (Å²) in [6.07, 6.45) is 3.54. The van der Waals surface area contributed by atoms with Crippen LogP contribution in [-0.4, -0.2) is 34.3 Å². The topological polar surface area (TPSA) is 66.8 Å². The number of hydrogen-bond donors (Lipinski definition) is 0. The Morgan fingerprint density at radius 3 is 2.22 bits per heavy atom. The first-order valence-electron chi connectivity index (χ1n) is 8.18. The first-order valence-corrected chi connectivity index (χ1v) is 9.73. The van der Waals surface area contributed by atoms with Gasteiger partial charge in [-0.1, -0.05) is 12.1 Å². The van der Waals surface area contributed by atoms with Gasteiger partial charge < -0.3 is 18.8 Å². The number of rotatable bonds is 6. The van der Waals surface area contributed by atoms with Crippen molar-refractivity contribution in [1.29, 1.82) is 0 Å². The molecule has 1 aromatic heterocycles. The Hall–Kier alpha value is -2.93. The zero-order valence-corrected chi connectivity index (χ0v) is 16.4. The molecule has 0 fully saturated rings. The van der Waals surface area contributed by atoms with E-state index >= 15 is 0 Å². The third kappa shape index (κ3) is 3.50. The van der Waals surface area contributed by atoms with E-state index < -0.39 is 9.84 Å². The average molecular weight is 387 g/mol. The van der Waals surface area contributed by atoms with Crippen molar-refractivity contribution < 1.29 is 22.6 Å². The first kappa shape index (κ1) is 18.8. The van der Waals surface area contributed by atoms with E-state index in [0.29, 0.717) is 5.75 Å². The lowest BCUT2D eigenvalue weighted by atomic mass is 10.1. The highest BCUT2D eigenvalue weighted by atomic mass is 32.2. The lowest BCUT2D eigenvalue weighted by Crippen LogP contribution is -2.01. The van der Waals surface area contributed by atoms with Crippen molar-refractivity contribution in [1.82, 2.24) is 4.57 Å². The molecule has 1 heterocycles. The minimum atomic E-state index is -3.71. The molecule has 0 spiro atoms. The van der Waals surface area contributed by atoms with Gasteiger partial charge in [-0.25, -0.2) is 8.42 Å². The fourth-order valence-corrected chi connectivity index (χ4v) is 3.96. The van der Waals surface area contributed by atoms with Crippen LogP contribution in [0.25, 0.3) is 17.0 Å². The molecule has 27 heavy (non-hydrogen) atoms. The highest BCUT2D eigenvalue weighted by Gasteiger charge is 2.19. The maximum atomic E-state index is 12.8. The number of fused-ring (bicyclic) bond motifs is 1. The van der Waals surface area contributed by atoms with Crippen LogP contribution >= 0.6 is 0 Å². The van der Waals surface area contributed by atoms with Gasteiger partial charge in [0, 0.05) is 41.7 Å². The third-order valence-corrected chi connectivity index (χ3v) is 5.74. The third-order valence-electron chi connectivity index (χ3n) is 4.36. The summed E-state index contributed by atoms with van der Waals surface area (Å²) in [6, 6.07) is 10.6. The van der Waals surface area contributed by atoms with Crippen LogP contribution in [0.4, 0.5) is 0 Å². The standard InChI is InChI=1S/C20H21NO5S/c1-21-10-8-16-14(6-5-7-17(16)21)9-11-27(22,23)15-12-18(24-2)20(26-4)19(13-15)25-3/h5-13H,1-4H3. The molecule has 0 bridgehead atoms. The van der Waals surface area contributed by atoms with Crippen LogP contribution in [0, 0.1) is 0 Å². The summed E-state index contributed by atoms with van der Waals surface area (Å²) in [7, 11) is 2.59. The number of aromatic nitrogens is 1. The summed E-state index contributed by atoms with van der Waals surface area (Å²) in [5.74, 6) is 0.917. The van der Waals surface area contributed by atoms with Crippen LogP contribution < -0.4 is 14.2 Å². The lowest BCUT2D eigenvalue weighted by molar-refractivity contribution is 0.323. The second-order valence-electron chi connectivity index (χ2n) is 5.92. The van der Waals surface area contributed by atoms with Gasteiger partial charge in [-0.3, -0.25) is 0 Å². The molecule has 142 valence electrons. The summed E-state index contributed by atoms with van der Waals surface area (Å²) < 4.78 is 43.4. The van der Waals surface area contributed by atoms with E-state index in [1.54, 1.807) is 6.08 Å². The minimum absolute atomic E-state index is 0.0634. The Bertz CT molecular complexity index is 1090. The zero-order valence-electron chi connectivity index (χ0n) is 15.6. The molecule has 0 aliphatic rings. The van der Waals surface area contributed by atoms with E-state index in [4.69, 9.17) is 14.2 Å². The van der Waals surface area contributed by atoms with Crippen LogP contribution in [0.2, 0.25) is 0 Å². The number of benzene rings is 2. The molecule has 3 rings (SSSR count). The molecule has 2 aromatic carbocycles. The summed E-state index contributed by atoms with van der Waals surface area (Å²) in [5, 5.41) is 2.17. The SMILES string of the molecule is COc1cc(S(=O)(=O)C=Cc2cccc3c2ccn3C)cc(OC)c1OC. The van der Waals surface area contributed by atoms with Crippen LogP contribution in [0.15, 0.2) is 52.9 Å². The molecule has 0 aliphatic heterocycles. The number of hydrogen-bond acceptors (Lipinski definition) is 5. The molecule has 0 atom stereocenters. The molecular formula is C20H21NO5S. The van der Waals surface area contributed by atoms with Crippen molar-refractivity contribution in [3.63, 3.8) is 0 Å². The molecule has 6 nitrogen and oxygen atoms in total. The summed E-state index contributed by atoms with van der Waals surface area (Å²) in [5.41, 5.74) is 1.85. The molecule has 0 amide bonds. The second-order valence-corrected chi connectivity index (χ2v) is 7.75. The van der Waals surface area contributed by atoms with Gasteiger partial charge in [0.2, 0.25) is 5.75 Å². The van der Waals surface area contributed by atoms with Crippen molar-refractivity contribution in [3.05, 3.63) is 53.6 Å². The van der Waals surface area contributed by atoms with E-state index in [-0.39, 0.29) is 16.4 Å². The first-order chi connectivity index (χ1) is 12.9. The molecule has 0 radical (unpaired) electrons. The van der Waals surface area contributed by atoms with E-state index in [1.165, 1.54) is 38.9 Å². The number of nitrogens with zero attached hydrogens (tertiary/aromatic N) is 1. The largest absolute Gasteiger partial charge is 0.493 e. The van der Waals surface area contributed by atoms with Gasteiger partial charge in [-0.05, 0) is 23.8 Å². The van der Waals surface area contributed by atoms with Crippen molar-refractivity contribution in [2.45, 2.75) is 4.90 Å². The predicted octanol–water partition coefficient (Wildman–Crippen LogP) is 3.65. The van der Waals surface area contributed by atoms with Crippen molar-refractivity contribution in [3.8, 4) is 17.2 Å². The minimum Gasteiger partial charge on any atom is -0.493 e. The monoisotopic (exact) mass is 387 g/mol. The van der Waals surface area contributed by atoms with Gasteiger partial charge in [-0.15, -0.1) is 0 Å². The van der Waals surface area contributed by atoms with Crippen molar-refractivity contribution in [2.24, 2.45) is 7.05 Å². The van der Waals surface area contributed by atoms with Gasteiger partial charge in [-0.2, -0.15) is 0 Å². The van der Waals surface area contributed by atoms with Gasteiger partial charge >= 0.3 is 0 Å². The molecule has 3 aromatic rings. The normalized spacial score (nSPS) is 11.9. The van der Waals surface area contributed by atoms with E-state index in [1.807, 2.05) is 42.1 Å². The number of aryl methyl sites for hydroxylation is 1. The van der Waals surface area contributed by atoms with E-state index in [9.17, 15) is 8.42 Å². The van der Waals surface area contributed by atoms with E-state index in [2.05, 4.69) is 0 Å². The molecular weight excluding hydrogens is 366 g/mol. The van der Waals surface area contributed by atoms with Gasteiger partial charge in [0.15, 0.2) is 21.3 Å². The van der Waals surface area contributed by atoms with Crippen LogP contribution in [-0.2, 0) is 16.9 Å². The summed E-state index contributed by atoms with van der Waals surface area (Å²) in [4.78, 5) is 0.0634. The zero-order chi connectivity index (χ0) is 19.6. The number of sulfone groups is 1. The summed E-state index contributed by atoms with van der Waals surface area (Å²) >= 11 is 0. The van der Waals surface area contributed by atoms with Crippen LogP contribution in [0.1, 0.15) is 5.56 Å². The van der Waals surface area contributed by atoms with Crippen molar-refractivity contribution >= 4 is 26.8 Å². The Kier molecular flexibility index (Phi) is 5.14. The Morgan fingerprint density at radius 2 is 1.63 bits per heavy atom. The maximum absolute atomic E-state index is 12.8. The highest BCUT2D eigenvalue weighted by molar-refractivity contribution is 7.94. The number of ether oxygens (including phenoxy) is 3. The van der Waals surface area contributed by atoms with Gasteiger partial charge in [0.25, 0.3) is 0 Å². The fourth-order valence-electron chi connectivity index (χ4n) is 2.93. The smallest absolute Gasteiger partial charge is 0.203 e. The molecule has 0 aliphatic carbocycles. The van der Waals surface area contributed by atoms with Crippen LogP contribution in [0.5, 0.6) is 17.2 Å². The summed E-state index contributed by atoms with van der Waals surface area (Å²) in [6.45, 7) is 0. The predicted molar refractivity (Wildman–Crippen MR) is 105 cm³/mol. The molecule has 7 heteroatoms. The maximum Gasteiger partial charge on any atom is 0.203 e. The molecule has 0 saturated carbocycles. The van der Waals surface area contributed by atoms with Gasteiger partial charge in [0.05, 0.1) is 26.2 Å². The highest BCUT2D eigenvalue weighted by Crippen LogP contribution is 2.39. The fraction of sp³-hybridized carbons (Fsp3) is 0.200. The quantitative estimate of drug-likeness (QED) is 0.646. The second kappa shape index (κ2) is 7.36. The van der Waals surface area contributed by atoms with Gasteiger partial charge in [0.1, 0.15) is 0 Å². The number of methoxy groups -OCH3 is 3. The Balaban J connectivity index is 2.05. The van der Waals surface area contributed by atoms with Crippen LogP contribution in [0.3, 0.4) is 0 Å². The Morgan fingerprint density at radius 1 is 0.963 bits per heavy atom. The average Bonchev–Trinajstić information content (AvgIpc) is 3.06.